The Bertz CT molecular complexity index is 2160. The Morgan fingerprint density at radius 3 is 2.49 bits per heavy atom. The van der Waals surface area contributed by atoms with E-state index in [9.17, 15) is 22.0 Å². The number of pyridine rings is 3. The summed E-state index contributed by atoms with van der Waals surface area (Å²) in [6.07, 6.45) is 6.24. The topological polar surface area (TPSA) is 119 Å². The molecule has 0 aliphatic carbocycles. The van der Waals surface area contributed by atoms with Crippen LogP contribution in [0.1, 0.15) is 21.6 Å². The van der Waals surface area contributed by atoms with Gasteiger partial charge in [0.15, 0.2) is 17.3 Å². The molecule has 0 atom stereocenters. The van der Waals surface area contributed by atoms with Gasteiger partial charge in [-0.15, -0.1) is 0 Å². The van der Waals surface area contributed by atoms with Crippen LogP contribution in [0.5, 0.6) is 0 Å². The zero-order chi connectivity index (χ0) is 31.6. The first kappa shape index (κ1) is 30.0. The van der Waals surface area contributed by atoms with Crippen LogP contribution in [0.15, 0.2) is 113 Å². The minimum Gasteiger partial charge on any atom is -0.364 e. The lowest BCUT2D eigenvalue weighted by molar-refractivity contribution is 0.0951. The fraction of sp³-hybridized carbons (Fsp3) is 0.0625. The maximum Gasteiger partial charge on any atom is 0.269 e. The number of benzene rings is 2. The largest absolute Gasteiger partial charge is 0.364 e. The average molecular weight is 690 g/mol. The molecule has 6 rings (SSSR count). The summed E-state index contributed by atoms with van der Waals surface area (Å²) >= 11 is 3.44. The van der Waals surface area contributed by atoms with Gasteiger partial charge in [-0.2, -0.15) is 0 Å². The van der Waals surface area contributed by atoms with Crippen LogP contribution < -0.4 is 10.6 Å². The molecular formula is C32H23BrF2N6O3S. The molecule has 6 aromatic rings. The number of nitrogens with zero attached hydrogens (tertiary/aromatic N) is 4. The smallest absolute Gasteiger partial charge is 0.269 e. The SMILES string of the molecule is O=C(NCc1ccc(F)c(F)c1)c1cccnc1NCc1cc(-c2cn(S(=O)(=O)c3ccccc3)c3ncc(Br)cc23)ccn1. The summed E-state index contributed by atoms with van der Waals surface area (Å²) in [4.78, 5) is 26.2. The second-order valence-electron chi connectivity index (χ2n) is 9.90. The molecule has 0 saturated carbocycles. The van der Waals surface area contributed by atoms with Gasteiger partial charge in [0.2, 0.25) is 0 Å². The van der Waals surface area contributed by atoms with E-state index < -0.39 is 27.6 Å². The fourth-order valence-corrected chi connectivity index (χ4v) is 6.42. The third kappa shape index (κ3) is 6.30. The number of aromatic nitrogens is 4. The van der Waals surface area contributed by atoms with Crippen LogP contribution in [0, 0.1) is 11.6 Å². The molecule has 2 N–H and O–H groups in total. The number of fused-ring (bicyclic) bond motifs is 1. The van der Waals surface area contributed by atoms with Crippen LogP contribution in [-0.2, 0) is 23.1 Å². The Morgan fingerprint density at radius 1 is 0.867 bits per heavy atom. The minimum absolute atomic E-state index is 0.00741. The number of hydrogen-bond acceptors (Lipinski definition) is 7. The molecule has 13 heteroatoms. The monoisotopic (exact) mass is 688 g/mol. The minimum atomic E-state index is -3.93. The van der Waals surface area contributed by atoms with Gasteiger partial charge in [-0.1, -0.05) is 24.3 Å². The highest BCUT2D eigenvalue weighted by atomic mass is 79.9. The number of nitrogens with one attached hydrogen (secondary N) is 2. The van der Waals surface area contributed by atoms with Crippen LogP contribution in [0.4, 0.5) is 14.6 Å². The van der Waals surface area contributed by atoms with Crippen LogP contribution in [0.2, 0.25) is 0 Å². The highest BCUT2D eigenvalue weighted by Gasteiger charge is 2.23. The lowest BCUT2D eigenvalue weighted by Gasteiger charge is -2.12. The summed E-state index contributed by atoms with van der Waals surface area (Å²) in [6, 6.07) is 20.2. The lowest BCUT2D eigenvalue weighted by Crippen LogP contribution is -2.24. The second kappa shape index (κ2) is 12.5. The summed E-state index contributed by atoms with van der Waals surface area (Å²) in [7, 11) is -3.93. The first-order valence-electron chi connectivity index (χ1n) is 13.5. The molecule has 0 aliphatic rings. The van der Waals surface area contributed by atoms with Crippen molar-refractivity contribution < 1.29 is 22.0 Å². The Labute approximate surface area is 265 Å². The van der Waals surface area contributed by atoms with Crippen molar-refractivity contribution in [3.05, 3.63) is 137 Å². The van der Waals surface area contributed by atoms with Gasteiger partial charge < -0.3 is 10.6 Å². The summed E-state index contributed by atoms with van der Waals surface area (Å²) in [6.45, 7) is 0.184. The van der Waals surface area contributed by atoms with Crippen molar-refractivity contribution in [1.82, 2.24) is 24.2 Å². The van der Waals surface area contributed by atoms with E-state index in [-0.39, 0.29) is 29.2 Å². The molecule has 4 heterocycles. The molecule has 0 aliphatic heterocycles. The van der Waals surface area contributed by atoms with Gasteiger partial charge in [0, 0.05) is 46.8 Å². The van der Waals surface area contributed by atoms with Gasteiger partial charge in [0.25, 0.3) is 15.9 Å². The molecular weight excluding hydrogens is 666 g/mol. The Balaban J connectivity index is 1.25. The van der Waals surface area contributed by atoms with Gasteiger partial charge >= 0.3 is 0 Å². The quantitative estimate of drug-likeness (QED) is 0.183. The molecule has 4 aromatic heterocycles. The molecule has 0 saturated heterocycles. The number of anilines is 1. The van der Waals surface area contributed by atoms with E-state index in [4.69, 9.17) is 0 Å². The molecule has 0 radical (unpaired) electrons. The Morgan fingerprint density at radius 2 is 1.69 bits per heavy atom. The highest BCUT2D eigenvalue weighted by molar-refractivity contribution is 9.10. The summed E-state index contributed by atoms with van der Waals surface area (Å²) in [5, 5.41) is 6.45. The normalized spacial score (nSPS) is 11.4. The first-order chi connectivity index (χ1) is 21.7. The van der Waals surface area contributed by atoms with E-state index in [1.54, 1.807) is 55.0 Å². The predicted octanol–water partition coefficient (Wildman–Crippen LogP) is 6.31. The van der Waals surface area contributed by atoms with E-state index in [0.29, 0.717) is 38.1 Å². The van der Waals surface area contributed by atoms with Crippen molar-refractivity contribution in [3.63, 3.8) is 0 Å². The molecule has 0 fully saturated rings. The van der Waals surface area contributed by atoms with Gasteiger partial charge in [-0.3, -0.25) is 9.78 Å². The number of hydrogen-bond donors (Lipinski definition) is 2. The van der Waals surface area contributed by atoms with E-state index >= 15 is 0 Å². The van der Waals surface area contributed by atoms with Crippen LogP contribution >= 0.6 is 15.9 Å². The summed E-state index contributed by atoms with van der Waals surface area (Å²) in [5.74, 6) is -2.12. The van der Waals surface area contributed by atoms with E-state index in [1.165, 1.54) is 28.4 Å². The summed E-state index contributed by atoms with van der Waals surface area (Å²) < 4.78 is 55.8. The predicted molar refractivity (Wildman–Crippen MR) is 169 cm³/mol. The second-order valence-corrected chi connectivity index (χ2v) is 12.6. The molecule has 45 heavy (non-hydrogen) atoms. The number of halogens is 3. The van der Waals surface area contributed by atoms with Crippen LogP contribution in [0.3, 0.4) is 0 Å². The maximum atomic E-state index is 13.6. The highest BCUT2D eigenvalue weighted by Crippen LogP contribution is 2.34. The van der Waals surface area contributed by atoms with Crippen molar-refractivity contribution in [2.45, 2.75) is 18.0 Å². The molecule has 1 amide bonds. The molecule has 0 spiro atoms. The van der Waals surface area contributed by atoms with Gasteiger partial charge in [0.1, 0.15) is 5.82 Å². The van der Waals surface area contributed by atoms with Crippen molar-refractivity contribution in [2.24, 2.45) is 0 Å². The van der Waals surface area contributed by atoms with E-state index in [2.05, 4.69) is 41.5 Å². The maximum absolute atomic E-state index is 13.6. The van der Waals surface area contributed by atoms with Crippen LogP contribution in [0.25, 0.3) is 22.2 Å². The number of carbonyl (C=O) groups is 1. The first-order valence-corrected chi connectivity index (χ1v) is 15.8. The molecule has 226 valence electrons. The Kier molecular flexibility index (Phi) is 8.37. The zero-order valence-electron chi connectivity index (χ0n) is 23.3. The van der Waals surface area contributed by atoms with Crippen molar-refractivity contribution in [3.8, 4) is 11.1 Å². The third-order valence-corrected chi connectivity index (χ3v) is 9.03. The molecule has 0 bridgehead atoms. The van der Waals surface area contributed by atoms with Crippen molar-refractivity contribution in [1.29, 1.82) is 0 Å². The van der Waals surface area contributed by atoms with Crippen LogP contribution in [-0.4, -0.2) is 33.2 Å². The summed E-state index contributed by atoms with van der Waals surface area (Å²) in [5.41, 5.74) is 2.88. The van der Waals surface area contributed by atoms with Gasteiger partial charge in [-0.05, 0) is 81.7 Å². The zero-order valence-corrected chi connectivity index (χ0v) is 25.7. The van der Waals surface area contributed by atoms with Crippen molar-refractivity contribution in [2.75, 3.05) is 5.32 Å². The number of amides is 1. The van der Waals surface area contributed by atoms with Gasteiger partial charge in [-0.25, -0.2) is 31.1 Å². The number of carbonyl (C=O) groups excluding carboxylic acids is 1. The molecule has 9 nitrogen and oxygen atoms in total. The Hall–Kier alpha value is -5.01. The fourth-order valence-electron chi connectivity index (χ4n) is 4.75. The third-order valence-electron chi connectivity index (χ3n) is 6.93. The number of rotatable bonds is 9. The van der Waals surface area contributed by atoms with E-state index in [0.717, 1.165) is 12.1 Å². The van der Waals surface area contributed by atoms with Crippen molar-refractivity contribution >= 4 is 48.7 Å². The standard InChI is InChI=1S/C32H23BrF2N6O3S/c33-22-15-26-27(19-41(31(26)39-17-22)45(43,44)24-5-2-1-3-6-24)21-10-12-36-23(14-21)18-38-30-25(7-4-11-37-30)32(42)40-16-20-8-9-28(34)29(35)13-20/h1-15,17,19H,16,18H2,(H,37,38)(H,40,42). The molecule has 0 unspecified atom stereocenters. The molecule has 2 aromatic carbocycles. The van der Waals surface area contributed by atoms with E-state index in [1.807, 2.05) is 12.1 Å². The average Bonchev–Trinajstić information content (AvgIpc) is 3.44. The van der Waals surface area contributed by atoms with Gasteiger partial charge in [0.05, 0.1) is 22.7 Å². The lowest BCUT2D eigenvalue weighted by atomic mass is 10.1.